The first-order chi connectivity index (χ1) is 11.7. The maximum atomic E-state index is 10.2. The van der Waals surface area contributed by atoms with Gasteiger partial charge in [0.1, 0.15) is 11.5 Å². The number of hydrogen-bond acceptors (Lipinski definition) is 5. The van der Waals surface area contributed by atoms with E-state index in [1.54, 1.807) is 19.4 Å². The minimum absolute atomic E-state index is 0.277. The van der Waals surface area contributed by atoms with Gasteiger partial charge in [-0.05, 0) is 29.8 Å². The van der Waals surface area contributed by atoms with Gasteiger partial charge in [-0.15, -0.1) is 6.58 Å². The molecule has 5 nitrogen and oxygen atoms in total. The van der Waals surface area contributed by atoms with E-state index in [4.69, 9.17) is 13.9 Å². The van der Waals surface area contributed by atoms with Gasteiger partial charge in [-0.25, -0.2) is 0 Å². The Morgan fingerprint density at radius 1 is 1.29 bits per heavy atom. The van der Waals surface area contributed by atoms with E-state index in [0.717, 1.165) is 17.1 Å². The Hall–Kier alpha value is -2.08. The molecule has 130 valence electrons. The Bertz CT molecular complexity index is 597. The minimum Gasteiger partial charge on any atom is -0.497 e. The number of furan rings is 1. The van der Waals surface area contributed by atoms with Gasteiger partial charge in [0, 0.05) is 13.1 Å². The van der Waals surface area contributed by atoms with Crippen LogP contribution in [-0.4, -0.2) is 43.0 Å². The predicted molar refractivity (Wildman–Crippen MR) is 92.8 cm³/mol. The van der Waals surface area contributed by atoms with E-state index in [2.05, 4.69) is 11.5 Å². The molecule has 0 unspecified atom stereocenters. The van der Waals surface area contributed by atoms with Crippen molar-refractivity contribution in [1.82, 2.24) is 4.90 Å². The summed E-state index contributed by atoms with van der Waals surface area (Å²) in [6, 6.07) is 11.7. The van der Waals surface area contributed by atoms with Crippen LogP contribution in [0.15, 0.2) is 59.7 Å². The molecular formula is C19H25NO4. The maximum absolute atomic E-state index is 10.2. The molecule has 24 heavy (non-hydrogen) atoms. The normalized spacial score (nSPS) is 12.3. The Morgan fingerprint density at radius 3 is 2.88 bits per heavy atom. The van der Waals surface area contributed by atoms with Gasteiger partial charge in [0.15, 0.2) is 0 Å². The van der Waals surface area contributed by atoms with E-state index in [1.165, 1.54) is 0 Å². The molecule has 0 aliphatic heterocycles. The Balaban J connectivity index is 1.99. The van der Waals surface area contributed by atoms with Crippen molar-refractivity contribution in [3.8, 4) is 5.75 Å². The zero-order chi connectivity index (χ0) is 17.2. The molecule has 0 saturated carbocycles. The number of rotatable bonds is 11. The Morgan fingerprint density at radius 2 is 2.17 bits per heavy atom. The third-order valence-electron chi connectivity index (χ3n) is 3.51. The van der Waals surface area contributed by atoms with Gasteiger partial charge in [0.2, 0.25) is 0 Å². The fraction of sp³-hybridized carbons (Fsp3) is 0.368. The summed E-state index contributed by atoms with van der Waals surface area (Å²) in [4.78, 5) is 2.12. The molecule has 0 fully saturated rings. The number of aliphatic hydroxyl groups is 1. The molecule has 1 atom stereocenters. The van der Waals surface area contributed by atoms with Gasteiger partial charge in [-0.1, -0.05) is 18.2 Å². The first-order valence-electron chi connectivity index (χ1n) is 7.95. The van der Waals surface area contributed by atoms with E-state index in [9.17, 15) is 5.11 Å². The van der Waals surface area contributed by atoms with E-state index in [1.807, 2.05) is 36.4 Å². The SMILES string of the molecule is C=CCOC[C@@H](O)CN(Cc1cccc(OC)c1)Cc1ccco1. The first kappa shape index (κ1) is 18.3. The molecule has 1 aromatic heterocycles. The molecule has 0 aliphatic rings. The maximum Gasteiger partial charge on any atom is 0.119 e. The molecule has 0 bridgehead atoms. The summed E-state index contributed by atoms with van der Waals surface area (Å²) in [6.45, 7) is 6.08. The topological polar surface area (TPSA) is 55.1 Å². The van der Waals surface area contributed by atoms with Gasteiger partial charge >= 0.3 is 0 Å². The molecule has 0 saturated heterocycles. The third kappa shape index (κ3) is 6.20. The lowest BCUT2D eigenvalue weighted by atomic mass is 10.2. The average molecular weight is 331 g/mol. The van der Waals surface area contributed by atoms with Gasteiger partial charge in [0.25, 0.3) is 0 Å². The number of hydrogen-bond donors (Lipinski definition) is 1. The fourth-order valence-corrected chi connectivity index (χ4v) is 2.48. The molecule has 5 heteroatoms. The number of aliphatic hydroxyl groups excluding tert-OH is 1. The highest BCUT2D eigenvalue weighted by molar-refractivity contribution is 5.28. The monoisotopic (exact) mass is 331 g/mol. The van der Waals surface area contributed by atoms with Crippen molar-refractivity contribution in [3.05, 3.63) is 66.6 Å². The Labute approximate surface area is 143 Å². The molecule has 2 rings (SSSR count). The highest BCUT2D eigenvalue weighted by atomic mass is 16.5. The van der Waals surface area contributed by atoms with Crippen molar-refractivity contribution in [2.45, 2.75) is 19.2 Å². The molecule has 0 radical (unpaired) electrons. The van der Waals surface area contributed by atoms with Gasteiger partial charge in [-0.2, -0.15) is 0 Å². The summed E-state index contributed by atoms with van der Waals surface area (Å²) in [5, 5.41) is 10.2. The quantitative estimate of drug-likeness (QED) is 0.507. The molecule has 1 heterocycles. The summed E-state index contributed by atoms with van der Waals surface area (Å²) in [6.07, 6.45) is 2.75. The van der Waals surface area contributed by atoms with Gasteiger partial charge in [-0.3, -0.25) is 4.90 Å². The first-order valence-corrected chi connectivity index (χ1v) is 7.95. The van der Waals surface area contributed by atoms with Crippen LogP contribution < -0.4 is 4.74 Å². The van der Waals surface area contributed by atoms with Crippen molar-refractivity contribution in [1.29, 1.82) is 0 Å². The molecule has 2 aromatic rings. The predicted octanol–water partition coefficient (Wildman–Crippen LogP) is 2.85. The van der Waals surface area contributed by atoms with E-state index >= 15 is 0 Å². The lowest BCUT2D eigenvalue weighted by molar-refractivity contribution is 0.0216. The zero-order valence-electron chi connectivity index (χ0n) is 14.1. The van der Waals surface area contributed by atoms with Crippen LogP contribution in [0.3, 0.4) is 0 Å². The van der Waals surface area contributed by atoms with Gasteiger partial charge in [0.05, 0.1) is 39.2 Å². The summed E-state index contributed by atoms with van der Waals surface area (Å²) in [5.74, 6) is 1.68. The van der Waals surface area contributed by atoms with E-state index in [0.29, 0.717) is 26.2 Å². The third-order valence-corrected chi connectivity index (χ3v) is 3.51. The highest BCUT2D eigenvalue weighted by Crippen LogP contribution is 2.16. The standard InChI is InChI=1S/C19H25NO4/c1-3-9-23-15-17(21)13-20(14-19-8-5-10-24-19)12-16-6-4-7-18(11-16)22-2/h3-8,10-11,17,21H,1,9,12-15H2,2H3/t17-/m0/s1. The second kappa shape index (κ2) is 9.93. The van der Waals surface area contributed by atoms with Gasteiger partial charge < -0.3 is 19.0 Å². The second-order valence-corrected chi connectivity index (χ2v) is 5.58. The number of methoxy groups -OCH3 is 1. The summed E-state index contributed by atoms with van der Waals surface area (Å²) in [5.41, 5.74) is 1.11. The molecule has 0 aliphatic carbocycles. The number of ether oxygens (including phenoxy) is 2. The van der Waals surface area contributed by atoms with Crippen molar-refractivity contribution in [2.75, 3.05) is 26.9 Å². The molecule has 1 N–H and O–H groups in total. The van der Waals surface area contributed by atoms with Crippen LogP contribution in [0.2, 0.25) is 0 Å². The number of benzene rings is 1. The van der Waals surface area contributed by atoms with Crippen LogP contribution in [0.1, 0.15) is 11.3 Å². The fourth-order valence-electron chi connectivity index (χ4n) is 2.48. The highest BCUT2D eigenvalue weighted by Gasteiger charge is 2.14. The van der Waals surface area contributed by atoms with Crippen LogP contribution in [0, 0.1) is 0 Å². The van der Waals surface area contributed by atoms with Crippen LogP contribution in [0.4, 0.5) is 0 Å². The summed E-state index contributed by atoms with van der Waals surface area (Å²) < 4.78 is 16.0. The van der Waals surface area contributed by atoms with Crippen LogP contribution in [0.25, 0.3) is 0 Å². The largest absolute Gasteiger partial charge is 0.497 e. The molecule has 0 amide bonds. The van der Waals surface area contributed by atoms with Crippen LogP contribution >= 0.6 is 0 Å². The second-order valence-electron chi connectivity index (χ2n) is 5.58. The lowest BCUT2D eigenvalue weighted by Crippen LogP contribution is -2.34. The van der Waals surface area contributed by atoms with Crippen molar-refractivity contribution < 1.29 is 19.0 Å². The van der Waals surface area contributed by atoms with E-state index < -0.39 is 6.10 Å². The number of nitrogens with zero attached hydrogens (tertiary/aromatic N) is 1. The van der Waals surface area contributed by atoms with Crippen molar-refractivity contribution >= 4 is 0 Å². The Kier molecular flexibility index (Phi) is 7.55. The average Bonchev–Trinajstić information content (AvgIpc) is 3.08. The lowest BCUT2D eigenvalue weighted by Gasteiger charge is -2.24. The van der Waals surface area contributed by atoms with E-state index in [-0.39, 0.29) is 6.61 Å². The molecule has 0 spiro atoms. The smallest absolute Gasteiger partial charge is 0.119 e. The summed E-state index contributed by atoms with van der Waals surface area (Å²) in [7, 11) is 1.65. The summed E-state index contributed by atoms with van der Waals surface area (Å²) >= 11 is 0. The minimum atomic E-state index is -0.578. The van der Waals surface area contributed by atoms with Crippen LogP contribution in [0.5, 0.6) is 5.75 Å². The van der Waals surface area contributed by atoms with Crippen molar-refractivity contribution in [3.63, 3.8) is 0 Å². The van der Waals surface area contributed by atoms with Crippen LogP contribution in [-0.2, 0) is 17.8 Å². The zero-order valence-corrected chi connectivity index (χ0v) is 14.1. The molecular weight excluding hydrogens is 306 g/mol. The van der Waals surface area contributed by atoms with Crippen molar-refractivity contribution in [2.24, 2.45) is 0 Å². The molecule has 1 aromatic carbocycles.